The van der Waals surface area contributed by atoms with Crippen molar-refractivity contribution in [3.8, 4) is 0 Å². The van der Waals surface area contributed by atoms with Gasteiger partial charge in [0.1, 0.15) is 4.88 Å². The van der Waals surface area contributed by atoms with Gasteiger partial charge in [-0.2, -0.15) is 0 Å². The highest BCUT2D eigenvalue weighted by molar-refractivity contribution is 7.80. The predicted molar refractivity (Wildman–Crippen MR) is 81.5 cm³/mol. The molecule has 1 amide bonds. The van der Waals surface area contributed by atoms with Crippen LogP contribution in [0.5, 0.6) is 0 Å². The normalized spacial score (nSPS) is 26.9. The Morgan fingerprint density at radius 2 is 2.21 bits per heavy atom. The van der Waals surface area contributed by atoms with Gasteiger partial charge in [0, 0.05) is 0 Å². The van der Waals surface area contributed by atoms with Gasteiger partial charge in [-0.1, -0.05) is 19.1 Å². The number of nitrogens with zero attached hydrogens (tertiary/aromatic N) is 1. The fourth-order valence-corrected chi connectivity index (χ4v) is 3.36. The first-order valence-corrected chi connectivity index (χ1v) is 7.70. The van der Waals surface area contributed by atoms with Gasteiger partial charge in [-0.3, -0.25) is 4.79 Å². The van der Waals surface area contributed by atoms with Crippen LogP contribution in [0.4, 0.5) is 0 Å². The Labute approximate surface area is 122 Å². The van der Waals surface area contributed by atoms with Crippen LogP contribution in [0.3, 0.4) is 0 Å². The van der Waals surface area contributed by atoms with Crippen LogP contribution in [0.1, 0.15) is 47.3 Å². The zero-order valence-corrected chi connectivity index (χ0v) is 12.9. The molecule has 1 fully saturated rings. The maximum atomic E-state index is 12.3. The van der Waals surface area contributed by atoms with Crippen LogP contribution in [-0.2, 0) is 0 Å². The molecule has 6 heteroatoms. The topological polar surface area (TPSA) is 68.0 Å². The molecule has 0 aromatic carbocycles. The van der Waals surface area contributed by atoms with Crippen molar-refractivity contribution >= 4 is 34.5 Å². The van der Waals surface area contributed by atoms with Crippen molar-refractivity contribution in [2.45, 2.75) is 45.1 Å². The Kier molecular flexibility index (Phi) is 4.20. The zero-order chi connectivity index (χ0) is 14.0. The molecule has 1 aromatic heterocycles. The highest BCUT2D eigenvalue weighted by Gasteiger charge is 2.38. The van der Waals surface area contributed by atoms with E-state index in [-0.39, 0.29) is 5.91 Å². The van der Waals surface area contributed by atoms with E-state index in [2.05, 4.69) is 17.2 Å². The molecule has 1 saturated carbocycles. The molecule has 2 rings (SSSR count). The van der Waals surface area contributed by atoms with Gasteiger partial charge < -0.3 is 11.1 Å². The Balaban J connectivity index is 2.13. The van der Waals surface area contributed by atoms with E-state index in [1.165, 1.54) is 11.3 Å². The van der Waals surface area contributed by atoms with Gasteiger partial charge in [0.25, 0.3) is 5.91 Å². The smallest absolute Gasteiger partial charge is 0.263 e. The standard InChI is InChI=1S/C13H19N3OS2/c1-8-3-5-13(6-4-8,12(14)18)16-11(17)10-7-15-9(2)19-10/h7-8H,3-6H2,1-2H3,(H2,14,18)(H,16,17). The Morgan fingerprint density at radius 3 is 2.68 bits per heavy atom. The maximum absolute atomic E-state index is 12.3. The van der Waals surface area contributed by atoms with Crippen LogP contribution in [0.15, 0.2) is 6.20 Å². The molecule has 1 aliphatic rings. The van der Waals surface area contributed by atoms with Gasteiger partial charge in [-0.15, -0.1) is 11.3 Å². The Morgan fingerprint density at radius 1 is 1.58 bits per heavy atom. The minimum atomic E-state index is -0.517. The molecule has 1 aliphatic carbocycles. The average molecular weight is 297 g/mol. The lowest BCUT2D eigenvalue weighted by Crippen LogP contribution is -2.58. The number of amides is 1. The van der Waals surface area contributed by atoms with Crippen molar-refractivity contribution in [1.82, 2.24) is 10.3 Å². The van der Waals surface area contributed by atoms with Crippen LogP contribution < -0.4 is 11.1 Å². The second-order valence-corrected chi connectivity index (χ2v) is 7.00. The molecule has 0 aliphatic heterocycles. The molecule has 19 heavy (non-hydrogen) atoms. The van der Waals surface area contributed by atoms with Gasteiger partial charge in [-0.05, 0) is 38.5 Å². The van der Waals surface area contributed by atoms with Gasteiger partial charge in [-0.25, -0.2) is 4.98 Å². The SMILES string of the molecule is Cc1ncc(C(=O)NC2(C(N)=S)CCC(C)CC2)s1. The summed E-state index contributed by atoms with van der Waals surface area (Å²) in [5, 5.41) is 3.93. The van der Waals surface area contributed by atoms with Crippen LogP contribution >= 0.6 is 23.6 Å². The molecule has 1 aromatic rings. The third kappa shape index (κ3) is 3.12. The second kappa shape index (κ2) is 5.54. The van der Waals surface area contributed by atoms with E-state index in [0.717, 1.165) is 30.7 Å². The van der Waals surface area contributed by atoms with E-state index in [0.29, 0.717) is 15.8 Å². The summed E-state index contributed by atoms with van der Waals surface area (Å²) in [6.45, 7) is 4.10. The molecule has 104 valence electrons. The fourth-order valence-electron chi connectivity index (χ4n) is 2.43. The molecular weight excluding hydrogens is 278 g/mol. The number of aryl methyl sites for hydroxylation is 1. The van der Waals surface area contributed by atoms with Crippen LogP contribution in [-0.4, -0.2) is 21.4 Å². The number of hydrogen-bond donors (Lipinski definition) is 2. The number of carbonyl (C=O) groups is 1. The van der Waals surface area contributed by atoms with Crippen molar-refractivity contribution in [3.05, 3.63) is 16.1 Å². The van der Waals surface area contributed by atoms with Crippen LogP contribution in [0.25, 0.3) is 0 Å². The largest absolute Gasteiger partial charge is 0.391 e. The first-order valence-electron chi connectivity index (χ1n) is 6.48. The first kappa shape index (κ1) is 14.4. The summed E-state index contributed by atoms with van der Waals surface area (Å²) < 4.78 is 0. The van der Waals surface area contributed by atoms with Gasteiger partial charge >= 0.3 is 0 Å². The van der Waals surface area contributed by atoms with E-state index < -0.39 is 5.54 Å². The van der Waals surface area contributed by atoms with Crippen molar-refractivity contribution in [2.75, 3.05) is 0 Å². The molecule has 0 atom stereocenters. The Hall–Kier alpha value is -1.01. The minimum Gasteiger partial charge on any atom is -0.391 e. The van der Waals surface area contributed by atoms with Crippen molar-refractivity contribution in [3.63, 3.8) is 0 Å². The van der Waals surface area contributed by atoms with Gasteiger partial charge in [0.05, 0.1) is 21.7 Å². The summed E-state index contributed by atoms with van der Waals surface area (Å²) in [6, 6.07) is 0. The summed E-state index contributed by atoms with van der Waals surface area (Å²) in [4.78, 5) is 17.4. The van der Waals surface area contributed by atoms with E-state index in [1.807, 2.05) is 6.92 Å². The molecule has 0 unspecified atom stereocenters. The molecule has 4 nitrogen and oxygen atoms in total. The molecule has 0 bridgehead atoms. The molecule has 1 heterocycles. The lowest BCUT2D eigenvalue weighted by atomic mass is 9.77. The quantitative estimate of drug-likeness (QED) is 0.841. The maximum Gasteiger partial charge on any atom is 0.263 e. The number of thiocarbonyl (C=S) groups is 1. The number of nitrogens with two attached hydrogens (primary N) is 1. The first-order chi connectivity index (χ1) is 8.93. The molecular formula is C13H19N3OS2. The highest BCUT2D eigenvalue weighted by Crippen LogP contribution is 2.32. The minimum absolute atomic E-state index is 0.118. The van der Waals surface area contributed by atoms with Gasteiger partial charge in [0.2, 0.25) is 0 Å². The van der Waals surface area contributed by atoms with Crippen LogP contribution in [0, 0.1) is 12.8 Å². The van der Waals surface area contributed by atoms with E-state index >= 15 is 0 Å². The second-order valence-electron chi connectivity index (χ2n) is 5.33. The van der Waals surface area contributed by atoms with Crippen molar-refractivity contribution in [1.29, 1.82) is 0 Å². The third-order valence-electron chi connectivity index (χ3n) is 3.80. The Bertz CT molecular complexity index is 490. The molecule has 0 spiro atoms. The zero-order valence-electron chi connectivity index (χ0n) is 11.2. The lowest BCUT2D eigenvalue weighted by molar-refractivity contribution is 0.0904. The predicted octanol–water partition coefficient (Wildman–Crippen LogP) is 2.42. The summed E-state index contributed by atoms with van der Waals surface area (Å²) in [5.74, 6) is 0.554. The number of aromatic nitrogens is 1. The average Bonchev–Trinajstić information content (AvgIpc) is 2.79. The summed E-state index contributed by atoms with van der Waals surface area (Å²) in [6.07, 6.45) is 5.34. The van der Waals surface area contributed by atoms with Gasteiger partial charge in [0.15, 0.2) is 0 Å². The number of carbonyl (C=O) groups excluding carboxylic acids is 1. The fraction of sp³-hybridized carbons (Fsp3) is 0.615. The summed E-state index contributed by atoms with van der Waals surface area (Å²) in [7, 11) is 0. The summed E-state index contributed by atoms with van der Waals surface area (Å²) >= 11 is 6.58. The number of nitrogens with one attached hydrogen (secondary N) is 1. The highest BCUT2D eigenvalue weighted by atomic mass is 32.1. The molecule has 0 saturated heterocycles. The monoisotopic (exact) mass is 297 g/mol. The summed E-state index contributed by atoms with van der Waals surface area (Å²) in [5.41, 5.74) is 5.37. The molecule has 3 N–H and O–H groups in total. The van der Waals surface area contributed by atoms with E-state index in [4.69, 9.17) is 18.0 Å². The van der Waals surface area contributed by atoms with Crippen molar-refractivity contribution < 1.29 is 4.79 Å². The lowest BCUT2D eigenvalue weighted by Gasteiger charge is -2.39. The van der Waals surface area contributed by atoms with E-state index in [1.54, 1.807) is 6.20 Å². The molecule has 0 radical (unpaired) electrons. The number of thiazole rings is 1. The van der Waals surface area contributed by atoms with E-state index in [9.17, 15) is 4.79 Å². The number of hydrogen-bond acceptors (Lipinski definition) is 4. The number of rotatable bonds is 3. The van der Waals surface area contributed by atoms with Crippen molar-refractivity contribution in [2.24, 2.45) is 11.7 Å². The van der Waals surface area contributed by atoms with Crippen LogP contribution in [0.2, 0.25) is 0 Å². The third-order valence-corrected chi connectivity index (χ3v) is 5.10.